The molecule has 0 unspecified atom stereocenters. The number of hydrogen-bond donors (Lipinski definition) is 0. The minimum absolute atomic E-state index is 0.195. The molecule has 3 rings (SSSR count). The Balaban J connectivity index is 1.92. The number of hydrogen-bond acceptors (Lipinski definition) is 1. The first-order valence-electron chi connectivity index (χ1n) is 7.05. The summed E-state index contributed by atoms with van der Waals surface area (Å²) in [7, 11) is 0. The summed E-state index contributed by atoms with van der Waals surface area (Å²) in [5.41, 5.74) is 0.967. The van der Waals surface area contributed by atoms with E-state index >= 15 is 0 Å². The molecule has 1 heteroatoms. The zero-order valence-corrected chi connectivity index (χ0v) is 11.3. The normalized spacial score (nSPS) is 54.8. The molecule has 0 amide bonds. The molecule has 2 bridgehead atoms. The van der Waals surface area contributed by atoms with Crippen LogP contribution in [0.2, 0.25) is 0 Å². The highest BCUT2D eigenvalue weighted by Crippen LogP contribution is 2.62. The van der Waals surface area contributed by atoms with Crippen molar-refractivity contribution in [3.63, 3.8) is 0 Å². The second kappa shape index (κ2) is 3.04. The van der Waals surface area contributed by atoms with Crippen LogP contribution in [0.1, 0.15) is 66.2 Å². The number of ether oxygens (including phenoxy) is 1. The van der Waals surface area contributed by atoms with Gasteiger partial charge < -0.3 is 4.74 Å². The fraction of sp³-hybridized carbons (Fsp3) is 1.00. The second-order valence-corrected chi connectivity index (χ2v) is 7.66. The van der Waals surface area contributed by atoms with Gasteiger partial charge >= 0.3 is 0 Å². The highest BCUT2D eigenvalue weighted by atomic mass is 16.5. The van der Waals surface area contributed by atoms with Crippen LogP contribution in [-0.4, -0.2) is 11.2 Å². The van der Waals surface area contributed by atoms with Crippen LogP contribution in [0, 0.1) is 17.3 Å². The van der Waals surface area contributed by atoms with Gasteiger partial charge in [-0.2, -0.15) is 0 Å². The molecule has 0 N–H and O–H groups in total. The van der Waals surface area contributed by atoms with Gasteiger partial charge in [0.2, 0.25) is 0 Å². The highest BCUT2D eigenvalue weighted by Gasteiger charge is 2.59. The third-order valence-corrected chi connectivity index (χ3v) is 5.86. The van der Waals surface area contributed by atoms with Crippen LogP contribution >= 0.6 is 0 Å². The van der Waals surface area contributed by atoms with E-state index in [1.807, 2.05) is 0 Å². The predicted octanol–water partition coefficient (Wildman–Crippen LogP) is 4.16. The predicted molar refractivity (Wildman–Crippen MR) is 66.4 cm³/mol. The molecule has 1 aliphatic carbocycles. The standard InChI is InChI=1S/C15H26O/c1-13(2)10-12-11(13)6-9-14(3)7-5-8-15(12,4)16-14/h11-12H,5-10H2,1-4H3/t11-,12+,14-,15+/m1/s1. The van der Waals surface area contributed by atoms with Crippen molar-refractivity contribution in [1.82, 2.24) is 0 Å². The van der Waals surface area contributed by atoms with Gasteiger partial charge in [-0.3, -0.25) is 0 Å². The molecule has 1 nitrogen and oxygen atoms in total. The summed E-state index contributed by atoms with van der Waals surface area (Å²) in [5, 5.41) is 0. The van der Waals surface area contributed by atoms with E-state index in [-0.39, 0.29) is 11.2 Å². The van der Waals surface area contributed by atoms with E-state index in [0.29, 0.717) is 5.41 Å². The van der Waals surface area contributed by atoms with Crippen molar-refractivity contribution in [2.24, 2.45) is 17.3 Å². The Morgan fingerprint density at radius 3 is 2.38 bits per heavy atom. The molecule has 16 heavy (non-hydrogen) atoms. The van der Waals surface area contributed by atoms with Gasteiger partial charge in [0.05, 0.1) is 11.2 Å². The smallest absolute Gasteiger partial charge is 0.0693 e. The van der Waals surface area contributed by atoms with Gasteiger partial charge in [-0.1, -0.05) is 13.8 Å². The molecule has 2 aliphatic heterocycles. The third kappa shape index (κ3) is 1.40. The Kier molecular flexibility index (Phi) is 2.11. The Morgan fingerprint density at radius 2 is 1.69 bits per heavy atom. The maximum atomic E-state index is 6.55. The average Bonchev–Trinajstić information content (AvgIpc) is 2.19. The first-order chi connectivity index (χ1) is 7.35. The van der Waals surface area contributed by atoms with Gasteiger partial charge in [0.1, 0.15) is 0 Å². The van der Waals surface area contributed by atoms with Gasteiger partial charge in [-0.05, 0) is 69.6 Å². The molecule has 0 aromatic heterocycles. The molecule has 0 aromatic rings. The monoisotopic (exact) mass is 222 g/mol. The Morgan fingerprint density at radius 1 is 0.938 bits per heavy atom. The van der Waals surface area contributed by atoms with Crippen molar-refractivity contribution in [1.29, 1.82) is 0 Å². The van der Waals surface area contributed by atoms with E-state index in [1.165, 1.54) is 38.5 Å². The lowest BCUT2D eigenvalue weighted by Crippen LogP contribution is -2.56. The lowest BCUT2D eigenvalue weighted by molar-refractivity contribution is -0.220. The minimum atomic E-state index is 0.195. The molecule has 2 heterocycles. The van der Waals surface area contributed by atoms with Crippen LogP contribution < -0.4 is 0 Å². The largest absolute Gasteiger partial charge is 0.369 e. The van der Waals surface area contributed by atoms with E-state index in [9.17, 15) is 0 Å². The van der Waals surface area contributed by atoms with Gasteiger partial charge in [0.15, 0.2) is 0 Å². The zero-order chi connectivity index (χ0) is 11.6. The SMILES string of the molecule is CC1(C)C[C@H]2[C@H]1CC[C@@]1(C)CCC[C@]2(C)O1. The molecule has 3 fully saturated rings. The minimum Gasteiger partial charge on any atom is -0.369 e. The molecule has 4 atom stereocenters. The number of rotatable bonds is 0. The fourth-order valence-electron chi connectivity index (χ4n) is 4.85. The van der Waals surface area contributed by atoms with Crippen LogP contribution in [0.15, 0.2) is 0 Å². The van der Waals surface area contributed by atoms with Gasteiger partial charge in [-0.15, -0.1) is 0 Å². The summed E-state index contributed by atoms with van der Waals surface area (Å²) in [4.78, 5) is 0. The summed E-state index contributed by atoms with van der Waals surface area (Å²) >= 11 is 0. The van der Waals surface area contributed by atoms with E-state index in [1.54, 1.807) is 0 Å². The summed E-state index contributed by atoms with van der Waals surface area (Å²) in [5.74, 6) is 1.75. The van der Waals surface area contributed by atoms with Gasteiger partial charge in [0, 0.05) is 0 Å². The summed E-state index contributed by atoms with van der Waals surface area (Å²) in [6, 6.07) is 0. The lowest BCUT2D eigenvalue weighted by Gasteiger charge is -2.58. The molecular formula is C15H26O. The van der Waals surface area contributed by atoms with Gasteiger partial charge in [-0.25, -0.2) is 0 Å². The molecular weight excluding hydrogens is 196 g/mol. The molecule has 0 radical (unpaired) electrons. The molecule has 2 saturated heterocycles. The van der Waals surface area contributed by atoms with Crippen molar-refractivity contribution in [3.05, 3.63) is 0 Å². The highest BCUT2D eigenvalue weighted by molar-refractivity contribution is 5.08. The van der Waals surface area contributed by atoms with Crippen LogP contribution in [0.4, 0.5) is 0 Å². The Hall–Kier alpha value is -0.0400. The number of fused-ring (bicyclic) bond motifs is 4. The zero-order valence-electron chi connectivity index (χ0n) is 11.3. The maximum Gasteiger partial charge on any atom is 0.0693 e. The summed E-state index contributed by atoms with van der Waals surface area (Å²) in [6.07, 6.45) is 8.00. The van der Waals surface area contributed by atoms with Crippen LogP contribution in [0.5, 0.6) is 0 Å². The van der Waals surface area contributed by atoms with Crippen molar-refractivity contribution >= 4 is 0 Å². The third-order valence-electron chi connectivity index (χ3n) is 5.86. The second-order valence-electron chi connectivity index (χ2n) is 7.66. The topological polar surface area (TPSA) is 9.23 Å². The Bertz CT molecular complexity index is 309. The van der Waals surface area contributed by atoms with Crippen LogP contribution in [0.3, 0.4) is 0 Å². The maximum absolute atomic E-state index is 6.55. The summed E-state index contributed by atoms with van der Waals surface area (Å²) < 4.78 is 6.55. The van der Waals surface area contributed by atoms with Gasteiger partial charge in [0.25, 0.3) is 0 Å². The quantitative estimate of drug-likeness (QED) is 0.598. The van der Waals surface area contributed by atoms with E-state index < -0.39 is 0 Å². The van der Waals surface area contributed by atoms with E-state index in [0.717, 1.165) is 11.8 Å². The van der Waals surface area contributed by atoms with E-state index in [2.05, 4.69) is 27.7 Å². The van der Waals surface area contributed by atoms with E-state index in [4.69, 9.17) is 4.74 Å². The van der Waals surface area contributed by atoms with Crippen molar-refractivity contribution in [2.75, 3.05) is 0 Å². The Labute approximate surface area is 99.9 Å². The van der Waals surface area contributed by atoms with Crippen molar-refractivity contribution in [3.8, 4) is 0 Å². The van der Waals surface area contributed by atoms with Crippen molar-refractivity contribution in [2.45, 2.75) is 77.4 Å². The molecule has 0 aromatic carbocycles. The molecule has 3 aliphatic rings. The molecule has 0 spiro atoms. The van der Waals surface area contributed by atoms with Crippen LogP contribution in [-0.2, 0) is 4.74 Å². The lowest BCUT2D eigenvalue weighted by atomic mass is 9.50. The van der Waals surface area contributed by atoms with Crippen molar-refractivity contribution < 1.29 is 4.74 Å². The fourth-order valence-corrected chi connectivity index (χ4v) is 4.85. The summed E-state index contributed by atoms with van der Waals surface area (Å²) in [6.45, 7) is 9.65. The molecule has 1 saturated carbocycles. The first-order valence-corrected chi connectivity index (χ1v) is 7.05. The average molecular weight is 222 g/mol. The molecule has 92 valence electrons. The van der Waals surface area contributed by atoms with Crippen LogP contribution in [0.25, 0.3) is 0 Å². The first kappa shape index (κ1) is 11.1.